The Kier molecular flexibility index (Phi) is 2.90. The quantitative estimate of drug-likeness (QED) is 0.618. The molecular formula is C13H12Cl2. The molecule has 78 valence electrons. The van der Waals surface area contributed by atoms with Gasteiger partial charge in [-0.25, -0.2) is 0 Å². The number of benzene rings is 2. The van der Waals surface area contributed by atoms with E-state index in [1.807, 2.05) is 12.1 Å². The third kappa shape index (κ3) is 1.84. The number of hydrogen-bond donors (Lipinski definition) is 0. The zero-order valence-corrected chi connectivity index (χ0v) is 10.2. The molecule has 0 unspecified atom stereocenters. The molecule has 0 saturated heterocycles. The predicted octanol–water partition coefficient (Wildman–Crippen LogP) is 4.93. The lowest BCUT2D eigenvalue weighted by atomic mass is 9.96. The fourth-order valence-corrected chi connectivity index (χ4v) is 2.47. The zero-order chi connectivity index (χ0) is 11.0. The van der Waals surface area contributed by atoms with Gasteiger partial charge in [-0.15, -0.1) is 23.2 Å². The second kappa shape index (κ2) is 4.03. The van der Waals surface area contributed by atoms with E-state index < -0.39 is 4.84 Å². The molecule has 0 aliphatic carbocycles. The lowest BCUT2D eigenvalue weighted by Gasteiger charge is -2.13. The molecule has 0 aromatic heterocycles. The van der Waals surface area contributed by atoms with Crippen LogP contribution in [0.4, 0.5) is 0 Å². The van der Waals surface area contributed by atoms with E-state index in [0.717, 1.165) is 10.9 Å². The normalized spacial score (nSPS) is 11.3. The summed E-state index contributed by atoms with van der Waals surface area (Å²) in [6, 6.07) is 10.4. The van der Waals surface area contributed by atoms with Crippen molar-refractivity contribution in [3.63, 3.8) is 0 Å². The molecule has 0 nitrogen and oxygen atoms in total. The number of hydrogen-bond acceptors (Lipinski definition) is 0. The number of aryl methyl sites for hydroxylation is 1. The molecule has 0 saturated carbocycles. The summed E-state index contributed by atoms with van der Waals surface area (Å²) < 4.78 is 0. The lowest BCUT2D eigenvalue weighted by molar-refractivity contribution is 1.25. The maximum Gasteiger partial charge on any atom is 0.133 e. The van der Waals surface area contributed by atoms with Gasteiger partial charge in [0.05, 0.1) is 0 Å². The molecule has 15 heavy (non-hydrogen) atoms. The summed E-state index contributed by atoms with van der Waals surface area (Å²) in [5.41, 5.74) is 3.45. The number of alkyl halides is 2. The highest BCUT2D eigenvalue weighted by molar-refractivity contribution is 6.44. The summed E-state index contributed by atoms with van der Waals surface area (Å²) in [6.45, 7) is 4.15. The van der Waals surface area contributed by atoms with Crippen molar-refractivity contribution in [3.05, 3.63) is 47.0 Å². The minimum atomic E-state index is -0.463. The van der Waals surface area contributed by atoms with Crippen molar-refractivity contribution in [2.24, 2.45) is 0 Å². The van der Waals surface area contributed by atoms with Crippen LogP contribution in [0, 0.1) is 13.8 Å². The molecular weight excluding hydrogens is 227 g/mol. The van der Waals surface area contributed by atoms with Crippen LogP contribution in [0.15, 0.2) is 30.3 Å². The van der Waals surface area contributed by atoms with E-state index in [-0.39, 0.29) is 0 Å². The van der Waals surface area contributed by atoms with E-state index in [0.29, 0.717) is 0 Å². The standard InChI is InChI=1S/C13H12Cl2/c1-8-7-10-5-3-4-6-11(10)12(9(8)2)13(14)15/h3-7,13H,1-2H3. The fraction of sp³-hybridized carbons (Fsp3) is 0.231. The van der Waals surface area contributed by atoms with Gasteiger partial charge in [0.25, 0.3) is 0 Å². The predicted molar refractivity (Wildman–Crippen MR) is 67.9 cm³/mol. The molecule has 0 fully saturated rings. The third-order valence-electron chi connectivity index (χ3n) is 2.84. The summed E-state index contributed by atoms with van der Waals surface area (Å²) in [5.74, 6) is 0. The fourth-order valence-electron chi connectivity index (χ4n) is 1.91. The van der Waals surface area contributed by atoms with Crippen molar-refractivity contribution < 1.29 is 0 Å². The van der Waals surface area contributed by atoms with Gasteiger partial charge in [0, 0.05) is 0 Å². The summed E-state index contributed by atoms with van der Waals surface area (Å²) in [4.78, 5) is -0.463. The molecule has 2 aromatic carbocycles. The molecule has 0 aliphatic rings. The van der Waals surface area contributed by atoms with Gasteiger partial charge in [-0.3, -0.25) is 0 Å². The van der Waals surface area contributed by atoms with E-state index in [1.165, 1.54) is 16.5 Å². The Balaban J connectivity index is 2.89. The zero-order valence-electron chi connectivity index (χ0n) is 8.72. The smallest absolute Gasteiger partial charge is 0.100 e. The van der Waals surface area contributed by atoms with E-state index >= 15 is 0 Å². The number of fused-ring (bicyclic) bond motifs is 1. The van der Waals surface area contributed by atoms with Gasteiger partial charge in [-0.2, -0.15) is 0 Å². The Morgan fingerprint density at radius 3 is 2.40 bits per heavy atom. The largest absolute Gasteiger partial charge is 0.133 e. The molecule has 0 radical (unpaired) electrons. The first kappa shape index (κ1) is 10.8. The van der Waals surface area contributed by atoms with Crippen LogP contribution >= 0.6 is 23.2 Å². The van der Waals surface area contributed by atoms with E-state index in [1.54, 1.807) is 0 Å². The van der Waals surface area contributed by atoms with Crippen LogP contribution < -0.4 is 0 Å². The van der Waals surface area contributed by atoms with Crippen molar-refractivity contribution in [3.8, 4) is 0 Å². The first-order chi connectivity index (χ1) is 7.11. The van der Waals surface area contributed by atoms with Crippen molar-refractivity contribution in [2.75, 3.05) is 0 Å². The molecule has 2 rings (SSSR count). The molecule has 0 spiro atoms. The monoisotopic (exact) mass is 238 g/mol. The second-order valence-corrected chi connectivity index (χ2v) is 4.85. The Labute approximate surface area is 99.8 Å². The number of halogens is 2. The topological polar surface area (TPSA) is 0 Å². The molecule has 0 aliphatic heterocycles. The molecule has 0 heterocycles. The van der Waals surface area contributed by atoms with E-state index in [9.17, 15) is 0 Å². The van der Waals surface area contributed by atoms with Crippen molar-refractivity contribution >= 4 is 34.0 Å². The Bertz CT molecular complexity index is 501. The SMILES string of the molecule is Cc1cc2ccccc2c(C(Cl)Cl)c1C. The summed E-state index contributed by atoms with van der Waals surface area (Å²) in [6.07, 6.45) is 0. The summed E-state index contributed by atoms with van der Waals surface area (Å²) >= 11 is 12.0. The van der Waals surface area contributed by atoms with Crippen LogP contribution in [-0.2, 0) is 0 Å². The highest BCUT2D eigenvalue weighted by Crippen LogP contribution is 2.35. The van der Waals surface area contributed by atoms with Gasteiger partial charge in [-0.1, -0.05) is 30.3 Å². The molecule has 0 bridgehead atoms. The van der Waals surface area contributed by atoms with Crippen LogP contribution in [0.1, 0.15) is 21.5 Å². The van der Waals surface area contributed by atoms with Crippen molar-refractivity contribution in [1.82, 2.24) is 0 Å². The maximum atomic E-state index is 6.02. The highest BCUT2D eigenvalue weighted by Gasteiger charge is 2.13. The minimum absolute atomic E-state index is 0.463. The lowest BCUT2D eigenvalue weighted by Crippen LogP contribution is -1.93. The van der Waals surface area contributed by atoms with Crippen LogP contribution in [-0.4, -0.2) is 0 Å². The van der Waals surface area contributed by atoms with Crippen LogP contribution in [0.5, 0.6) is 0 Å². The van der Waals surface area contributed by atoms with Gasteiger partial charge in [0.1, 0.15) is 4.84 Å². The van der Waals surface area contributed by atoms with E-state index in [2.05, 4.69) is 32.0 Å². The second-order valence-electron chi connectivity index (χ2n) is 3.75. The molecule has 0 N–H and O–H groups in total. The van der Waals surface area contributed by atoms with Gasteiger partial charge in [-0.05, 0) is 41.3 Å². The van der Waals surface area contributed by atoms with Gasteiger partial charge >= 0.3 is 0 Å². The third-order valence-corrected chi connectivity index (χ3v) is 3.27. The first-order valence-corrected chi connectivity index (χ1v) is 5.75. The highest BCUT2D eigenvalue weighted by atomic mass is 35.5. The average Bonchev–Trinajstić information content (AvgIpc) is 2.19. The average molecular weight is 239 g/mol. The maximum absolute atomic E-state index is 6.02. The molecule has 0 atom stereocenters. The summed E-state index contributed by atoms with van der Waals surface area (Å²) in [7, 11) is 0. The van der Waals surface area contributed by atoms with Crippen LogP contribution in [0.25, 0.3) is 10.8 Å². The van der Waals surface area contributed by atoms with Gasteiger partial charge < -0.3 is 0 Å². The summed E-state index contributed by atoms with van der Waals surface area (Å²) in [5, 5.41) is 2.34. The van der Waals surface area contributed by atoms with E-state index in [4.69, 9.17) is 23.2 Å². The van der Waals surface area contributed by atoms with Crippen LogP contribution in [0.2, 0.25) is 0 Å². The van der Waals surface area contributed by atoms with Gasteiger partial charge in [0.15, 0.2) is 0 Å². The van der Waals surface area contributed by atoms with Crippen molar-refractivity contribution in [2.45, 2.75) is 18.7 Å². The molecule has 2 heteroatoms. The number of rotatable bonds is 1. The molecule has 2 aromatic rings. The minimum Gasteiger partial charge on any atom is -0.100 e. The van der Waals surface area contributed by atoms with Gasteiger partial charge in [0.2, 0.25) is 0 Å². The Morgan fingerprint density at radius 1 is 1.07 bits per heavy atom. The Morgan fingerprint density at radius 2 is 1.73 bits per heavy atom. The Hall–Kier alpha value is -0.720. The van der Waals surface area contributed by atoms with Crippen molar-refractivity contribution in [1.29, 1.82) is 0 Å². The molecule has 0 amide bonds. The van der Waals surface area contributed by atoms with Crippen LogP contribution in [0.3, 0.4) is 0 Å². The first-order valence-electron chi connectivity index (χ1n) is 4.88.